The molecule has 1 N–H and O–H groups in total. The van der Waals surface area contributed by atoms with Crippen molar-refractivity contribution in [2.24, 2.45) is 5.92 Å². The molecule has 1 aromatic heterocycles. The standard InChI is InChI=1S/C22H30N2O3/c1-5-6-18-10-17(7-8-22(18)26-15(2)3)12-24-13-19(21(25)14-24)11-20-9-16(4)23-27-20/h5,7-10,15,19,21,25H,1,6,11-14H2,2-4H3/t19-,21+/m1/s1. The van der Waals surface area contributed by atoms with E-state index in [1.807, 2.05) is 32.9 Å². The zero-order valence-electron chi connectivity index (χ0n) is 16.5. The molecule has 0 radical (unpaired) electrons. The summed E-state index contributed by atoms with van der Waals surface area (Å²) in [5, 5.41) is 14.4. The van der Waals surface area contributed by atoms with E-state index in [1.165, 1.54) is 5.56 Å². The van der Waals surface area contributed by atoms with Gasteiger partial charge in [-0.05, 0) is 44.4 Å². The number of aliphatic hydroxyl groups is 1. The summed E-state index contributed by atoms with van der Waals surface area (Å²) < 4.78 is 11.2. The van der Waals surface area contributed by atoms with Crippen molar-refractivity contribution in [1.29, 1.82) is 0 Å². The fraction of sp³-hybridized carbons (Fsp3) is 0.500. The van der Waals surface area contributed by atoms with E-state index in [-0.39, 0.29) is 18.1 Å². The molecule has 0 unspecified atom stereocenters. The number of rotatable bonds is 8. The number of hydrogen-bond acceptors (Lipinski definition) is 5. The number of nitrogens with zero attached hydrogens (tertiary/aromatic N) is 2. The number of allylic oxidation sites excluding steroid dienone is 1. The molecule has 0 saturated carbocycles. The third kappa shape index (κ3) is 5.21. The highest BCUT2D eigenvalue weighted by atomic mass is 16.5. The Kier molecular flexibility index (Phi) is 6.34. The van der Waals surface area contributed by atoms with Gasteiger partial charge in [0, 0.05) is 38.0 Å². The molecule has 0 amide bonds. The van der Waals surface area contributed by atoms with Crippen LogP contribution in [0.25, 0.3) is 0 Å². The van der Waals surface area contributed by atoms with Gasteiger partial charge in [-0.3, -0.25) is 4.90 Å². The number of hydrogen-bond donors (Lipinski definition) is 1. The van der Waals surface area contributed by atoms with Gasteiger partial charge >= 0.3 is 0 Å². The van der Waals surface area contributed by atoms with Gasteiger partial charge in [0.05, 0.1) is 17.9 Å². The number of aryl methyl sites for hydroxylation is 1. The molecule has 1 aliphatic heterocycles. The lowest BCUT2D eigenvalue weighted by Crippen LogP contribution is -2.21. The van der Waals surface area contributed by atoms with Gasteiger partial charge in [-0.1, -0.05) is 23.4 Å². The molecule has 5 nitrogen and oxygen atoms in total. The Morgan fingerprint density at radius 2 is 2.19 bits per heavy atom. The summed E-state index contributed by atoms with van der Waals surface area (Å²) in [6, 6.07) is 8.31. The molecule has 146 valence electrons. The zero-order valence-corrected chi connectivity index (χ0v) is 16.5. The van der Waals surface area contributed by atoms with Crippen molar-refractivity contribution in [1.82, 2.24) is 10.1 Å². The molecular formula is C22H30N2O3. The van der Waals surface area contributed by atoms with Crippen molar-refractivity contribution in [2.75, 3.05) is 13.1 Å². The lowest BCUT2D eigenvalue weighted by Gasteiger charge is -2.18. The SMILES string of the molecule is C=CCc1cc(CN2C[C@@H](Cc3cc(C)no3)[C@@H](O)C2)ccc1OC(C)C. The molecule has 3 rings (SSSR count). The molecular weight excluding hydrogens is 340 g/mol. The van der Waals surface area contributed by atoms with E-state index < -0.39 is 0 Å². The lowest BCUT2D eigenvalue weighted by molar-refractivity contribution is 0.137. The summed E-state index contributed by atoms with van der Waals surface area (Å²) in [5.41, 5.74) is 3.27. The van der Waals surface area contributed by atoms with Crippen molar-refractivity contribution >= 4 is 0 Å². The average Bonchev–Trinajstić information content (AvgIpc) is 3.16. The number of aromatic nitrogens is 1. The summed E-state index contributed by atoms with van der Waals surface area (Å²) >= 11 is 0. The second kappa shape index (κ2) is 8.72. The Bertz CT molecular complexity index is 769. The maximum Gasteiger partial charge on any atom is 0.137 e. The largest absolute Gasteiger partial charge is 0.491 e. The molecule has 0 spiro atoms. The summed E-state index contributed by atoms with van der Waals surface area (Å²) in [7, 11) is 0. The van der Waals surface area contributed by atoms with E-state index in [9.17, 15) is 5.11 Å². The van der Waals surface area contributed by atoms with Crippen LogP contribution in [0.3, 0.4) is 0 Å². The smallest absolute Gasteiger partial charge is 0.137 e. The van der Waals surface area contributed by atoms with Crippen LogP contribution in [0, 0.1) is 12.8 Å². The van der Waals surface area contributed by atoms with E-state index in [1.54, 1.807) is 0 Å². The predicted octanol–water partition coefficient (Wildman–Crippen LogP) is 3.53. The van der Waals surface area contributed by atoms with Crippen LogP contribution in [0.5, 0.6) is 5.75 Å². The van der Waals surface area contributed by atoms with Gasteiger partial charge in [-0.15, -0.1) is 6.58 Å². The first-order chi connectivity index (χ1) is 12.9. The molecule has 2 heterocycles. The van der Waals surface area contributed by atoms with Gasteiger partial charge in [0.1, 0.15) is 11.5 Å². The molecule has 2 atom stereocenters. The molecule has 1 aliphatic rings. The molecule has 1 fully saturated rings. The summed E-state index contributed by atoms with van der Waals surface area (Å²) in [6.07, 6.45) is 3.22. The van der Waals surface area contributed by atoms with Crippen LogP contribution < -0.4 is 4.74 Å². The minimum absolute atomic E-state index is 0.147. The lowest BCUT2D eigenvalue weighted by atomic mass is 10.0. The minimum Gasteiger partial charge on any atom is -0.491 e. The topological polar surface area (TPSA) is 58.7 Å². The Morgan fingerprint density at radius 3 is 2.85 bits per heavy atom. The molecule has 1 saturated heterocycles. The molecule has 0 aliphatic carbocycles. The van der Waals surface area contributed by atoms with Crippen LogP contribution in [-0.2, 0) is 19.4 Å². The fourth-order valence-corrected chi connectivity index (χ4v) is 3.72. The predicted molar refractivity (Wildman–Crippen MR) is 106 cm³/mol. The van der Waals surface area contributed by atoms with Gasteiger partial charge in [-0.25, -0.2) is 0 Å². The monoisotopic (exact) mass is 370 g/mol. The third-order valence-electron chi connectivity index (χ3n) is 4.88. The number of β-amino-alcohol motifs (C(OH)–C–C–N with tert-alkyl or cyclic N) is 1. The first-order valence-corrected chi connectivity index (χ1v) is 9.66. The first-order valence-electron chi connectivity index (χ1n) is 9.66. The van der Waals surface area contributed by atoms with Crippen LogP contribution in [0.15, 0.2) is 41.4 Å². The summed E-state index contributed by atoms with van der Waals surface area (Å²) in [6.45, 7) is 12.2. The van der Waals surface area contributed by atoms with Crippen molar-refractivity contribution in [2.45, 2.75) is 52.4 Å². The van der Waals surface area contributed by atoms with Gasteiger partial charge < -0.3 is 14.4 Å². The minimum atomic E-state index is -0.341. The Morgan fingerprint density at radius 1 is 1.37 bits per heavy atom. The highest BCUT2D eigenvalue weighted by Gasteiger charge is 2.32. The van der Waals surface area contributed by atoms with Gasteiger partial charge in [0.25, 0.3) is 0 Å². The molecule has 2 aromatic rings. The average molecular weight is 370 g/mol. The highest BCUT2D eigenvalue weighted by Crippen LogP contribution is 2.26. The number of benzene rings is 1. The highest BCUT2D eigenvalue weighted by molar-refractivity contribution is 5.38. The number of likely N-dealkylation sites (tertiary alicyclic amines) is 1. The van der Waals surface area contributed by atoms with E-state index >= 15 is 0 Å². The number of ether oxygens (including phenoxy) is 1. The van der Waals surface area contributed by atoms with Gasteiger partial charge in [-0.2, -0.15) is 0 Å². The van der Waals surface area contributed by atoms with Crippen molar-refractivity contribution < 1.29 is 14.4 Å². The van der Waals surface area contributed by atoms with E-state index in [4.69, 9.17) is 9.26 Å². The molecule has 1 aromatic carbocycles. The van der Waals surface area contributed by atoms with Crippen LogP contribution in [-0.4, -0.2) is 40.5 Å². The van der Waals surface area contributed by atoms with Gasteiger partial charge in [0.2, 0.25) is 0 Å². The Hall–Kier alpha value is -2.11. The maximum absolute atomic E-state index is 10.5. The quantitative estimate of drug-likeness (QED) is 0.721. The third-order valence-corrected chi connectivity index (χ3v) is 4.88. The Labute approximate surface area is 161 Å². The van der Waals surface area contributed by atoms with E-state index in [0.29, 0.717) is 6.54 Å². The van der Waals surface area contributed by atoms with E-state index in [2.05, 4.69) is 34.8 Å². The van der Waals surface area contributed by atoms with E-state index in [0.717, 1.165) is 48.7 Å². The molecule has 0 bridgehead atoms. The first kappa shape index (κ1) is 19.6. The summed E-state index contributed by atoms with van der Waals surface area (Å²) in [5.74, 6) is 1.95. The number of aliphatic hydroxyl groups excluding tert-OH is 1. The maximum atomic E-state index is 10.5. The van der Waals surface area contributed by atoms with Crippen LogP contribution in [0.1, 0.15) is 36.4 Å². The molecule has 27 heavy (non-hydrogen) atoms. The fourth-order valence-electron chi connectivity index (χ4n) is 3.72. The van der Waals surface area contributed by atoms with Crippen molar-refractivity contribution in [3.63, 3.8) is 0 Å². The normalized spacial score (nSPS) is 20.3. The second-order valence-corrected chi connectivity index (χ2v) is 7.76. The van der Waals surface area contributed by atoms with Gasteiger partial charge in [0.15, 0.2) is 0 Å². The van der Waals surface area contributed by atoms with Crippen molar-refractivity contribution in [3.8, 4) is 5.75 Å². The van der Waals surface area contributed by atoms with Crippen LogP contribution in [0.2, 0.25) is 0 Å². The second-order valence-electron chi connectivity index (χ2n) is 7.76. The Balaban J connectivity index is 1.64. The van der Waals surface area contributed by atoms with Crippen LogP contribution in [0.4, 0.5) is 0 Å². The van der Waals surface area contributed by atoms with Crippen molar-refractivity contribution in [3.05, 3.63) is 59.5 Å². The zero-order chi connectivity index (χ0) is 19.4. The van der Waals surface area contributed by atoms with Crippen LogP contribution >= 0.6 is 0 Å². The molecule has 5 heteroatoms. The summed E-state index contributed by atoms with van der Waals surface area (Å²) in [4.78, 5) is 2.30.